The number of rotatable bonds is 7. The summed E-state index contributed by atoms with van der Waals surface area (Å²) in [5.41, 5.74) is 0.275. The van der Waals surface area contributed by atoms with Crippen LogP contribution in [0.25, 0.3) is 0 Å². The van der Waals surface area contributed by atoms with E-state index in [9.17, 15) is 14.9 Å². The van der Waals surface area contributed by atoms with Gasteiger partial charge in [-0.2, -0.15) is 0 Å². The third-order valence-corrected chi connectivity index (χ3v) is 4.76. The van der Waals surface area contributed by atoms with Crippen LogP contribution in [0.2, 0.25) is 0 Å². The summed E-state index contributed by atoms with van der Waals surface area (Å²) in [6.45, 7) is 4.13. The first-order valence-corrected chi connectivity index (χ1v) is 9.84. The second-order valence-electron chi connectivity index (χ2n) is 7.59. The number of carbonyl (C=O) groups is 1. The summed E-state index contributed by atoms with van der Waals surface area (Å²) >= 11 is 0. The standard InChI is InChI=1S/C23H24N2O7/c1-23(2)14-15-8-7-9-18(21(15)32-23)31-11-6-5-10-24-22(26)16-12-19(29-3)20(30-4)13-17(16)25(27)28/h7-9,12-13H,10-11,14H2,1-4H3,(H,24,26). The maximum atomic E-state index is 12.5. The highest BCUT2D eigenvalue weighted by atomic mass is 16.6. The summed E-state index contributed by atoms with van der Waals surface area (Å²) in [6.07, 6.45) is 0.805. The number of hydrogen-bond acceptors (Lipinski definition) is 7. The first-order valence-electron chi connectivity index (χ1n) is 9.84. The zero-order valence-corrected chi connectivity index (χ0v) is 18.3. The van der Waals surface area contributed by atoms with Gasteiger partial charge >= 0.3 is 0 Å². The van der Waals surface area contributed by atoms with Gasteiger partial charge in [0.1, 0.15) is 17.8 Å². The largest absolute Gasteiger partial charge is 0.493 e. The first kappa shape index (κ1) is 22.7. The monoisotopic (exact) mass is 440 g/mol. The van der Waals surface area contributed by atoms with Crippen molar-refractivity contribution in [3.05, 3.63) is 51.6 Å². The molecule has 3 rings (SSSR count). The summed E-state index contributed by atoms with van der Waals surface area (Å²) in [5, 5.41) is 13.9. The fraction of sp³-hybridized carbons (Fsp3) is 0.348. The first-order chi connectivity index (χ1) is 15.3. The van der Waals surface area contributed by atoms with E-state index >= 15 is 0 Å². The lowest BCUT2D eigenvalue weighted by molar-refractivity contribution is -0.385. The molecule has 1 aliphatic rings. The molecule has 2 aromatic rings. The van der Waals surface area contributed by atoms with Crippen LogP contribution in [0.1, 0.15) is 29.8 Å². The molecule has 0 unspecified atom stereocenters. The molecule has 0 saturated carbocycles. The molecular formula is C23H24N2O7. The van der Waals surface area contributed by atoms with Crippen molar-refractivity contribution in [2.24, 2.45) is 0 Å². The molecule has 1 aliphatic heterocycles. The highest BCUT2D eigenvalue weighted by molar-refractivity contribution is 5.99. The van der Waals surface area contributed by atoms with Gasteiger partial charge in [0.2, 0.25) is 0 Å². The Morgan fingerprint density at radius 1 is 1.19 bits per heavy atom. The van der Waals surface area contributed by atoms with Crippen LogP contribution < -0.4 is 24.3 Å². The number of fused-ring (bicyclic) bond motifs is 1. The fourth-order valence-electron chi connectivity index (χ4n) is 3.35. The van der Waals surface area contributed by atoms with E-state index in [0.717, 1.165) is 23.8 Å². The maximum absolute atomic E-state index is 12.5. The Labute approximate surface area is 185 Å². The number of nitro benzene ring substituents is 1. The number of benzene rings is 2. The van der Waals surface area contributed by atoms with Crippen molar-refractivity contribution in [3.63, 3.8) is 0 Å². The molecule has 0 aliphatic carbocycles. The number of ether oxygens (including phenoxy) is 4. The number of amides is 1. The van der Waals surface area contributed by atoms with Crippen molar-refractivity contribution in [1.82, 2.24) is 5.32 Å². The van der Waals surface area contributed by atoms with E-state index in [0.29, 0.717) is 5.75 Å². The van der Waals surface area contributed by atoms with E-state index in [4.69, 9.17) is 18.9 Å². The van der Waals surface area contributed by atoms with E-state index in [1.165, 1.54) is 20.3 Å². The Kier molecular flexibility index (Phi) is 6.73. The van der Waals surface area contributed by atoms with Crippen LogP contribution in [0.3, 0.4) is 0 Å². The smallest absolute Gasteiger partial charge is 0.286 e. The van der Waals surface area contributed by atoms with Crippen LogP contribution in [-0.4, -0.2) is 43.8 Å². The third-order valence-electron chi connectivity index (χ3n) is 4.76. The number of carbonyl (C=O) groups excluding carboxylic acids is 1. The molecule has 0 saturated heterocycles. The molecule has 9 heteroatoms. The molecule has 0 radical (unpaired) electrons. The molecule has 32 heavy (non-hydrogen) atoms. The predicted molar refractivity (Wildman–Crippen MR) is 117 cm³/mol. The van der Waals surface area contributed by atoms with E-state index in [2.05, 4.69) is 17.2 Å². The van der Waals surface area contributed by atoms with Crippen LogP contribution in [-0.2, 0) is 6.42 Å². The van der Waals surface area contributed by atoms with Gasteiger partial charge in [0, 0.05) is 18.1 Å². The minimum Gasteiger partial charge on any atom is -0.493 e. The molecule has 0 fully saturated rings. The molecule has 1 amide bonds. The molecule has 0 spiro atoms. The van der Waals surface area contributed by atoms with Crippen molar-refractivity contribution in [2.75, 3.05) is 27.4 Å². The second-order valence-corrected chi connectivity index (χ2v) is 7.59. The summed E-state index contributed by atoms with van der Waals surface area (Å²) in [4.78, 5) is 23.1. The van der Waals surface area contributed by atoms with Gasteiger partial charge in [-0.1, -0.05) is 24.0 Å². The van der Waals surface area contributed by atoms with Crippen LogP contribution in [0.5, 0.6) is 23.0 Å². The van der Waals surface area contributed by atoms with Crippen LogP contribution in [0.15, 0.2) is 30.3 Å². The summed E-state index contributed by atoms with van der Waals surface area (Å²) in [6, 6.07) is 8.14. The Bertz CT molecular complexity index is 1100. The molecule has 2 aromatic carbocycles. The summed E-state index contributed by atoms with van der Waals surface area (Å²) in [5.74, 6) is 6.65. The van der Waals surface area contributed by atoms with Gasteiger partial charge in [-0.3, -0.25) is 14.9 Å². The highest BCUT2D eigenvalue weighted by Gasteiger charge is 2.32. The molecule has 9 nitrogen and oxygen atoms in total. The molecule has 0 bridgehead atoms. The number of nitro groups is 1. The van der Waals surface area contributed by atoms with E-state index in [-0.39, 0.29) is 35.8 Å². The highest BCUT2D eigenvalue weighted by Crippen LogP contribution is 2.41. The summed E-state index contributed by atoms with van der Waals surface area (Å²) < 4.78 is 21.8. The molecule has 0 atom stereocenters. The lowest BCUT2D eigenvalue weighted by Gasteiger charge is -2.17. The Balaban J connectivity index is 1.59. The van der Waals surface area contributed by atoms with Gasteiger partial charge in [0.25, 0.3) is 11.6 Å². The number of hydrogen-bond donors (Lipinski definition) is 1. The zero-order valence-electron chi connectivity index (χ0n) is 18.3. The maximum Gasteiger partial charge on any atom is 0.286 e. The SMILES string of the molecule is COc1cc(C(=O)NCC#CCOc2cccc3c2OC(C)(C)C3)c([N+](=O)[O-])cc1OC. The fourth-order valence-corrected chi connectivity index (χ4v) is 3.35. The minimum atomic E-state index is -0.655. The van der Waals surface area contributed by atoms with Crippen molar-refractivity contribution in [2.45, 2.75) is 25.9 Å². The average Bonchev–Trinajstić information content (AvgIpc) is 3.09. The quantitative estimate of drug-likeness (QED) is 0.400. The summed E-state index contributed by atoms with van der Waals surface area (Å²) in [7, 11) is 2.74. The van der Waals surface area contributed by atoms with Gasteiger partial charge in [-0.05, 0) is 19.9 Å². The van der Waals surface area contributed by atoms with Crippen LogP contribution >= 0.6 is 0 Å². The lowest BCUT2D eigenvalue weighted by Crippen LogP contribution is -2.24. The van der Waals surface area contributed by atoms with Crippen molar-refractivity contribution < 1.29 is 28.7 Å². The Morgan fingerprint density at radius 2 is 1.91 bits per heavy atom. The van der Waals surface area contributed by atoms with Gasteiger partial charge in [-0.15, -0.1) is 0 Å². The van der Waals surface area contributed by atoms with Crippen molar-refractivity contribution in [1.29, 1.82) is 0 Å². The predicted octanol–water partition coefficient (Wildman–Crippen LogP) is 3.14. The zero-order chi connectivity index (χ0) is 23.3. The number of methoxy groups -OCH3 is 2. The van der Waals surface area contributed by atoms with Gasteiger partial charge in [0.15, 0.2) is 23.0 Å². The number of nitrogens with zero attached hydrogens (tertiary/aromatic N) is 1. The van der Waals surface area contributed by atoms with Crippen LogP contribution in [0, 0.1) is 22.0 Å². The van der Waals surface area contributed by atoms with E-state index in [1.807, 2.05) is 32.0 Å². The number of nitrogens with one attached hydrogen (secondary N) is 1. The van der Waals surface area contributed by atoms with Crippen LogP contribution in [0.4, 0.5) is 5.69 Å². The normalized spacial score (nSPS) is 13.1. The van der Waals surface area contributed by atoms with E-state index in [1.54, 1.807) is 0 Å². The van der Waals surface area contributed by atoms with Gasteiger partial charge < -0.3 is 24.3 Å². The number of para-hydroxylation sites is 1. The van der Waals surface area contributed by atoms with Crippen molar-refractivity contribution in [3.8, 4) is 34.8 Å². The molecule has 168 valence electrons. The van der Waals surface area contributed by atoms with E-state index < -0.39 is 16.5 Å². The third kappa shape index (κ3) is 5.03. The minimum absolute atomic E-state index is 0.00980. The Hall–Kier alpha value is -3.93. The average molecular weight is 440 g/mol. The van der Waals surface area contributed by atoms with Crippen molar-refractivity contribution >= 4 is 11.6 Å². The molecule has 0 aromatic heterocycles. The lowest BCUT2D eigenvalue weighted by atomic mass is 10.0. The Morgan fingerprint density at radius 3 is 2.59 bits per heavy atom. The van der Waals surface area contributed by atoms with Gasteiger partial charge in [0.05, 0.1) is 31.8 Å². The molecule has 1 heterocycles. The molecular weight excluding hydrogens is 416 g/mol. The van der Waals surface area contributed by atoms with Gasteiger partial charge in [-0.25, -0.2) is 0 Å². The topological polar surface area (TPSA) is 109 Å². The second kappa shape index (κ2) is 9.47. The molecule has 1 N–H and O–H groups in total.